The molecule has 0 amide bonds. The van der Waals surface area contributed by atoms with E-state index in [1.807, 2.05) is 6.92 Å². The minimum absolute atomic E-state index is 0.0717. The Hall–Kier alpha value is -0.810. The fraction of sp³-hybridized carbons (Fsp3) is 0.500. The lowest BCUT2D eigenvalue weighted by Gasteiger charge is -2.17. The van der Waals surface area contributed by atoms with E-state index in [1.54, 1.807) is 16.8 Å². The minimum atomic E-state index is -0.903. The quantitative estimate of drug-likeness (QED) is 0.900. The Bertz CT molecular complexity index is 388. The van der Waals surface area contributed by atoms with E-state index in [0.29, 0.717) is 12.3 Å². The highest BCUT2D eigenvalue weighted by Gasteiger charge is 2.28. The van der Waals surface area contributed by atoms with E-state index in [0.717, 1.165) is 10.9 Å². The first-order chi connectivity index (χ1) is 7.09. The fourth-order valence-electron chi connectivity index (χ4n) is 1.98. The van der Waals surface area contributed by atoms with Gasteiger partial charge in [-0.2, -0.15) is 0 Å². The highest BCUT2D eigenvalue weighted by Crippen LogP contribution is 2.29. The second kappa shape index (κ2) is 3.98. The summed E-state index contributed by atoms with van der Waals surface area (Å²) >= 11 is 3.29. The van der Waals surface area contributed by atoms with Gasteiger partial charge < -0.3 is 14.4 Å². The smallest absolute Gasteiger partial charge is 0.352 e. The van der Waals surface area contributed by atoms with E-state index in [-0.39, 0.29) is 12.1 Å². The van der Waals surface area contributed by atoms with Crippen molar-refractivity contribution in [3.8, 4) is 0 Å². The molecular formula is C10H12BrNO3. The van der Waals surface area contributed by atoms with Gasteiger partial charge in [0.05, 0.1) is 12.1 Å². The van der Waals surface area contributed by atoms with Crippen LogP contribution in [0.2, 0.25) is 0 Å². The van der Waals surface area contributed by atoms with Crippen LogP contribution < -0.4 is 0 Å². The van der Waals surface area contributed by atoms with Gasteiger partial charge in [0.15, 0.2) is 0 Å². The first-order valence-corrected chi connectivity index (χ1v) is 5.61. The zero-order valence-corrected chi connectivity index (χ0v) is 9.90. The molecule has 2 rings (SSSR count). The van der Waals surface area contributed by atoms with Crippen molar-refractivity contribution in [3.05, 3.63) is 22.4 Å². The highest BCUT2D eigenvalue weighted by molar-refractivity contribution is 9.10. The van der Waals surface area contributed by atoms with Gasteiger partial charge in [-0.25, -0.2) is 4.79 Å². The zero-order chi connectivity index (χ0) is 11.0. The van der Waals surface area contributed by atoms with Crippen molar-refractivity contribution < 1.29 is 14.6 Å². The number of halogens is 1. The predicted octanol–water partition coefficient (Wildman–Crippen LogP) is 2.30. The summed E-state index contributed by atoms with van der Waals surface area (Å²) in [6.45, 7) is 2.66. The predicted molar refractivity (Wildman–Crippen MR) is 58.2 cm³/mol. The Morgan fingerprint density at radius 1 is 1.73 bits per heavy atom. The molecule has 1 N–H and O–H groups in total. The third kappa shape index (κ3) is 1.94. The zero-order valence-electron chi connectivity index (χ0n) is 8.31. The minimum Gasteiger partial charge on any atom is -0.477 e. The Morgan fingerprint density at radius 3 is 3.00 bits per heavy atom. The summed E-state index contributed by atoms with van der Waals surface area (Å²) in [7, 11) is 0. The largest absolute Gasteiger partial charge is 0.477 e. The van der Waals surface area contributed by atoms with Gasteiger partial charge in [0.2, 0.25) is 0 Å². The van der Waals surface area contributed by atoms with Gasteiger partial charge in [0.1, 0.15) is 5.69 Å². The molecule has 1 aliphatic heterocycles. The Labute approximate surface area is 96.0 Å². The summed E-state index contributed by atoms with van der Waals surface area (Å²) in [5.74, 6) is -0.903. The number of carbonyl (C=O) groups is 1. The van der Waals surface area contributed by atoms with Crippen molar-refractivity contribution in [1.82, 2.24) is 4.57 Å². The van der Waals surface area contributed by atoms with Gasteiger partial charge in [-0.3, -0.25) is 0 Å². The molecule has 0 spiro atoms. The standard InChI is InChI=1S/C10H12BrNO3/c1-6-8(2-3-15-6)12-5-7(11)4-9(12)10(13)14/h4-6,8H,2-3H2,1H3,(H,13,14). The molecule has 4 nitrogen and oxygen atoms in total. The Kier molecular flexibility index (Phi) is 2.84. The number of rotatable bonds is 2. The average molecular weight is 274 g/mol. The summed E-state index contributed by atoms with van der Waals surface area (Å²) in [4.78, 5) is 11.0. The van der Waals surface area contributed by atoms with Crippen LogP contribution in [0.15, 0.2) is 16.7 Å². The van der Waals surface area contributed by atoms with Gasteiger partial charge >= 0.3 is 5.97 Å². The lowest BCUT2D eigenvalue weighted by atomic mass is 10.1. The Morgan fingerprint density at radius 2 is 2.47 bits per heavy atom. The van der Waals surface area contributed by atoms with Crippen LogP contribution >= 0.6 is 15.9 Å². The molecule has 1 fully saturated rings. The van der Waals surface area contributed by atoms with Crippen LogP contribution in [0.3, 0.4) is 0 Å². The van der Waals surface area contributed by atoms with E-state index < -0.39 is 5.97 Å². The molecular weight excluding hydrogens is 262 g/mol. The molecule has 2 unspecified atom stereocenters. The molecule has 1 aromatic heterocycles. The Balaban J connectivity index is 2.38. The number of carboxylic acid groups (broad SMARTS) is 1. The third-order valence-electron chi connectivity index (χ3n) is 2.73. The van der Waals surface area contributed by atoms with E-state index in [2.05, 4.69) is 15.9 Å². The van der Waals surface area contributed by atoms with Crippen LogP contribution in [0.4, 0.5) is 0 Å². The molecule has 1 saturated heterocycles. The van der Waals surface area contributed by atoms with E-state index in [4.69, 9.17) is 9.84 Å². The molecule has 0 saturated carbocycles. The molecule has 15 heavy (non-hydrogen) atoms. The first kappa shape index (κ1) is 10.7. The van der Waals surface area contributed by atoms with Gasteiger partial charge in [-0.05, 0) is 35.3 Å². The second-order valence-electron chi connectivity index (χ2n) is 3.69. The van der Waals surface area contributed by atoms with Crippen molar-refractivity contribution >= 4 is 21.9 Å². The molecule has 0 aromatic carbocycles. The fourth-order valence-corrected chi connectivity index (χ4v) is 2.41. The first-order valence-electron chi connectivity index (χ1n) is 4.82. The summed E-state index contributed by atoms with van der Waals surface area (Å²) in [5.41, 5.74) is 0.309. The average Bonchev–Trinajstić information content (AvgIpc) is 2.71. The number of hydrogen-bond acceptors (Lipinski definition) is 2. The second-order valence-corrected chi connectivity index (χ2v) is 4.60. The number of hydrogen-bond donors (Lipinski definition) is 1. The molecule has 5 heteroatoms. The molecule has 0 bridgehead atoms. The monoisotopic (exact) mass is 273 g/mol. The normalized spacial score (nSPS) is 25.7. The van der Waals surface area contributed by atoms with E-state index in [9.17, 15) is 4.79 Å². The molecule has 2 atom stereocenters. The van der Waals surface area contributed by atoms with Crippen molar-refractivity contribution in [2.24, 2.45) is 0 Å². The maximum Gasteiger partial charge on any atom is 0.352 e. The SMILES string of the molecule is CC1OCCC1n1cc(Br)cc1C(=O)O. The van der Waals surface area contributed by atoms with Crippen molar-refractivity contribution in [2.75, 3.05) is 6.61 Å². The van der Waals surface area contributed by atoms with E-state index >= 15 is 0 Å². The number of ether oxygens (including phenoxy) is 1. The number of nitrogens with zero attached hydrogens (tertiary/aromatic N) is 1. The van der Waals surface area contributed by atoms with Gasteiger partial charge in [-0.1, -0.05) is 0 Å². The maximum atomic E-state index is 11.0. The van der Waals surface area contributed by atoms with Crippen LogP contribution in [-0.2, 0) is 4.74 Å². The molecule has 2 heterocycles. The van der Waals surface area contributed by atoms with Crippen molar-refractivity contribution in [2.45, 2.75) is 25.5 Å². The van der Waals surface area contributed by atoms with Crippen LogP contribution in [0.5, 0.6) is 0 Å². The highest BCUT2D eigenvalue weighted by atomic mass is 79.9. The lowest BCUT2D eigenvalue weighted by molar-refractivity contribution is 0.0675. The van der Waals surface area contributed by atoms with Crippen molar-refractivity contribution in [3.63, 3.8) is 0 Å². The number of aromatic carboxylic acids is 1. The maximum absolute atomic E-state index is 11.0. The topological polar surface area (TPSA) is 51.5 Å². The van der Waals surface area contributed by atoms with Gasteiger partial charge in [0.25, 0.3) is 0 Å². The van der Waals surface area contributed by atoms with Gasteiger partial charge in [-0.15, -0.1) is 0 Å². The third-order valence-corrected chi connectivity index (χ3v) is 3.16. The van der Waals surface area contributed by atoms with E-state index in [1.165, 1.54) is 0 Å². The summed E-state index contributed by atoms with van der Waals surface area (Å²) in [5, 5.41) is 9.04. The van der Waals surface area contributed by atoms with Gasteiger partial charge in [0, 0.05) is 17.3 Å². The number of carboxylic acids is 1. The summed E-state index contributed by atoms with van der Waals surface area (Å²) < 4.78 is 8.01. The molecule has 1 aliphatic rings. The van der Waals surface area contributed by atoms with Crippen LogP contribution in [-0.4, -0.2) is 28.4 Å². The number of aromatic nitrogens is 1. The van der Waals surface area contributed by atoms with Crippen LogP contribution in [0, 0.1) is 0 Å². The summed E-state index contributed by atoms with van der Waals surface area (Å²) in [6, 6.07) is 1.75. The van der Waals surface area contributed by atoms with Crippen LogP contribution in [0.25, 0.3) is 0 Å². The lowest BCUT2D eigenvalue weighted by Crippen LogP contribution is -2.19. The molecule has 1 aromatic rings. The van der Waals surface area contributed by atoms with Crippen LogP contribution in [0.1, 0.15) is 29.9 Å². The van der Waals surface area contributed by atoms with Crippen molar-refractivity contribution in [1.29, 1.82) is 0 Å². The summed E-state index contributed by atoms with van der Waals surface area (Å²) in [6.07, 6.45) is 2.74. The molecule has 0 radical (unpaired) electrons. The molecule has 82 valence electrons. The molecule has 0 aliphatic carbocycles.